The van der Waals surface area contributed by atoms with Crippen molar-refractivity contribution in [2.75, 3.05) is 26.3 Å². The molecule has 1 heterocycles. The van der Waals surface area contributed by atoms with Gasteiger partial charge in [0.2, 0.25) is 0 Å². The summed E-state index contributed by atoms with van der Waals surface area (Å²) in [6.07, 6.45) is 5.70. The quantitative estimate of drug-likeness (QED) is 0.795. The summed E-state index contributed by atoms with van der Waals surface area (Å²) in [5, 5.41) is 9.84. The molecule has 0 aromatic heterocycles. The minimum Gasteiger partial charge on any atom is -0.393 e. The molecule has 2 fully saturated rings. The van der Waals surface area contributed by atoms with E-state index in [0.717, 1.165) is 45.1 Å². The van der Waals surface area contributed by atoms with Crippen molar-refractivity contribution in [1.82, 2.24) is 4.90 Å². The maximum absolute atomic E-state index is 9.84. The van der Waals surface area contributed by atoms with E-state index < -0.39 is 0 Å². The Hall–Kier alpha value is -0.120. The van der Waals surface area contributed by atoms with E-state index in [0.29, 0.717) is 6.04 Å². The summed E-state index contributed by atoms with van der Waals surface area (Å²) >= 11 is 0. The average molecular weight is 227 g/mol. The molecule has 3 heteroatoms. The molecule has 0 aromatic carbocycles. The number of aliphatic hydroxyl groups excluding tert-OH is 1. The molecular formula is C13H25NO2. The zero-order valence-corrected chi connectivity index (χ0v) is 10.4. The molecule has 0 spiro atoms. The van der Waals surface area contributed by atoms with Gasteiger partial charge in [0.05, 0.1) is 19.3 Å². The van der Waals surface area contributed by atoms with Gasteiger partial charge in [-0.2, -0.15) is 0 Å². The average Bonchev–Trinajstić information content (AvgIpc) is 2.33. The zero-order valence-electron chi connectivity index (χ0n) is 10.4. The Morgan fingerprint density at radius 3 is 2.69 bits per heavy atom. The lowest BCUT2D eigenvalue weighted by atomic mass is 9.79. The van der Waals surface area contributed by atoms with Gasteiger partial charge in [-0.1, -0.05) is 13.3 Å². The molecule has 2 rings (SSSR count). The first-order valence-electron chi connectivity index (χ1n) is 6.81. The van der Waals surface area contributed by atoms with Crippen LogP contribution in [0.25, 0.3) is 0 Å². The molecule has 1 saturated heterocycles. The lowest BCUT2D eigenvalue weighted by Crippen LogP contribution is -2.50. The SMILES string of the molecule is CCCC1CCC(O)CC1N1CCOCC1. The second-order valence-electron chi connectivity index (χ2n) is 5.23. The Balaban J connectivity index is 1.95. The van der Waals surface area contributed by atoms with Crippen LogP contribution in [0.2, 0.25) is 0 Å². The van der Waals surface area contributed by atoms with Gasteiger partial charge in [0.15, 0.2) is 0 Å². The molecular weight excluding hydrogens is 202 g/mol. The fraction of sp³-hybridized carbons (Fsp3) is 1.00. The molecule has 94 valence electrons. The Morgan fingerprint density at radius 1 is 1.25 bits per heavy atom. The minimum absolute atomic E-state index is 0.0686. The first-order chi connectivity index (χ1) is 7.81. The number of hydrogen-bond acceptors (Lipinski definition) is 3. The van der Waals surface area contributed by atoms with E-state index >= 15 is 0 Å². The minimum atomic E-state index is -0.0686. The lowest BCUT2D eigenvalue weighted by molar-refractivity contribution is -0.0314. The molecule has 3 unspecified atom stereocenters. The van der Waals surface area contributed by atoms with Crippen LogP contribution in [0.3, 0.4) is 0 Å². The van der Waals surface area contributed by atoms with Crippen LogP contribution in [0.15, 0.2) is 0 Å². The molecule has 16 heavy (non-hydrogen) atoms. The summed E-state index contributed by atoms with van der Waals surface area (Å²) in [6.45, 7) is 6.10. The fourth-order valence-corrected chi connectivity index (χ4v) is 3.25. The topological polar surface area (TPSA) is 32.7 Å². The Kier molecular flexibility index (Phi) is 4.62. The van der Waals surface area contributed by atoms with E-state index in [1.165, 1.54) is 19.3 Å². The van der Waals surface area contributed by atoms with Crippen molar-refractivity contribution in [2.24, 2.45) is 5.92 Å². The summed E-state index contributed by atoms with van der Waals surface area (Å²) in [6, 6.07) is 0.604. The largest absolute Gasteiger partial charge is 0.393 e. The molecule has 1 aliphatic heterocycles. The van der Waals surface area contributed by atoms with Crippen LogP contribution in [0.1, 0.15) is 39.0 Å². The van der Waals surface area contributed by atoms with Crippen LogP contribution >= 0.6 is 0 Å². The Bertz CT molecular complexity index is 199. The van der Waals surface area contributed by atoms with Gasteiger partial charge < -0.3 is 9.84 Å². The fourth-order valence-electron chi connectivity index (χ4n) is 3.25. The van der Waals surface area contributed by atoms with Gasteiger partial charge in [-0.3, -0.25) is 4.90 Å². The van der Waals surface area contributed by atoms with E-state index in [2.05, 4.69) is 11.8 Å². The van der Waals surface area contributed by atoms with Crippen LogP contribution in [0.4, 0.5) is 0 Å². The van der Waals surface area contributed by atoms with Gasteiger partial charge in [0, 0.05) is 19.1 Å². The molecule has 1 aliphatic carbocycles. The first-order valence-corrected chi connectivity index (χ1v) is 6.81. The van der Waals surface area contributed by atoms with Gasteiger partial charge >= 0.3 is 0 Å². The van der Waals surface area contributed by atoms with Crippen LogP contribution in [0, 0.1) is 5.92 Å². The summed E-state index contributed by atoms with van der Waals surface area (Å²) in [4.78, 5) is 2.55. The standard InChI is InChI=1S/C13H25NO2/c1-2-3-11-4-5-12(15)10-13(11)14-6-8-16-9-7-14/h11-13,15H,2-10H2,1H3. The monoisotopic (exact) mass is 227 g/mol. The van der Waals surface area contributed by atoms with Crippen LogP contribution in [-0.2, 0) is 4.74 Å². The van der Waals surface area contributed by atoms with E-state index in [1.54, 1.807) is 0 Å². The molecule has 2 aliphatic rings. The van der Waals surface area contributed by atoms with Crippen LogP contribution in [0.5, 0.6) is 0 Å². The summed E-state index contributed by atoms with van der Waals surface area (Å²) in [5.41, 5.74) is 0. The maximum Gasteiger partial charge on any atom is 0.0594 e. The number of hydrogen-bond donors (Lipinski definition) is 1. The molecule has 0 bridgehead atoms. The highest BCUT2D eigenvalue weighted by Crippen LogP contribution is 2.32. The van der Waals surface area contributed by atoms with Crippen molar-refractivity contribution in [3.63, 3.8) is 0 Å². The molecule has 3 atom stereocenters. The smallest absolute Gasteiger partial charge is 0.0594 e. The second-order valence-corrected chi connectivity index (χ2v) is 5.23. The lowest BCUT2D eigenvalue weighted by Gasteiger charge is -2.43. The van der Waals surface area contributed by atoms with Crippen LogP contribution in [-0.4, -0.2) is 48.5 Å². The van der Waals surface area contributed by atoms with Gasteiger partial charge in [0.1, 0.15) is 0 Å². The predicted molar refractivity (Wildman–Crippen MR) is 64.4 cm³/mol. The third-order valence-corrected chi connectivity index (χ3v) is 4.10. The highest BCUT2D eigenvalue weighted by atomic mass is 16.5. The number of ether oxygens (including phenoxy) is 1. The number of morpholine rings is 1. The first kappa shape index (κ1) is 12.3. The molecule has 1 saturated carbocycles. The van der Waals surface area contributed by atoms with Crippen LogP contribution < -0.4 is 0 Å². The third kappa shape index (κ3) is 2.96. The van der Waals surface area contributed by atoms with Gasteiger partial charge in [-0.15, -0.1) is 0 Å². The van der Waals surface area contributed by atoms with Crippen molar-refractivity contribution < 1.29 is 9.84 Å². The van der Waals surface area contributed by atoms with Gasteiger partial charge in [-0.05, 0) is 31.6 Å². The van der Waals surface area contributed by atoms with E-state index in [9.17, 15) is 5.11 Å². The summed E-state index contributed by atoms with van der Waals surface area (Å²) < 4.78 is 5.41. The molecule has 0 aromatic rings. The van der Waals surface area contributed by atoms with Crippen molar-refractivity contribution in [3.8, 4) is 0 Å². The van der Waals surface area contributed by atoms with Crippen molar-refractivity contribution in [3.05, 3.63) is 0 Å². The number of rotatable bonds is 3. The molecule has 1 N–H and O–H groups in total. The Labute approximate surface area is 98.8 Å². The summed E-state index contributed by atoms with van der Waals surface area (Å²) in [7, 11) is 0. The highest BCUT2D eigenvalue weighted by Gasteiger charge is 2.33. The van der Waals surface area contributed by atoms with E-state index in [1.807, 2.05) is 0 Å². The van der Waals surface area contributed by atoms with Gasteiger partial charge in [-0.25, -0.2) is 0 Å². The predicted octanol–water partition coefficient (Wildman–Crippen LogP) is 1.65. The normalized spacial score (nSPS) is 37.5. The summed E-state index contributed by atoms with van der Waals surface area (Å²) in [5.74, 6) is 0.798. The molecule has 0 amide bonds. The number of nitrogens with zero attached hydrogens (tertiary/aromatic N) is 1. The Morgan fingerprint density at radius 2 is 2.00 bits per heavy atom. The highest BCUT2D eigenvalue weighted by molar-refractivity contribution is 4.87. The van der Waals surface area contributed by atoms with Crippen molar-refractivity contribution in [1.29, 1.82) is 0 Å². The second kappa shape index (κ2) is 5.99. The van der Waals surface area contributed by atoms with Gasteiger partial charge in [0.25, 0.3) is 0 Å². The van der Waals surface area contributed by atoms with Crippen molar-refractivity contribution in [2.45, 2.75) is 51.2 Å². The van der Waals surface area contributed by atoms with E-state index in [-0.39, 0.29) is 6.10 Å². The third-order valence-electron chi connectivity index (χ3n) is 4.10. The number of aliphatic hydroxyl groups is 1. The zero-order chi connectivity index (χ0) is 11.4. The molecule has 0 radical (unpaired) electrons. The van der Waals surface area contributed by atoms with Crippen molar-refractivity contribution >= 4 is 0 Å². The van der Waals surface area contributed by atoms with E-state index in [4.69, 9.17) is 4.74 Å². The molecule has 3 nitrogen and oxygen atoms in total. The maximum atomic E-state index is 9.84.